The lowest BCUT2D eigenvalue weighted by Crippen LogP contribution is -2.30. The van der Waals surface area contributed by atoms with Crippen LogP contribution in [0.5, 0.6) is 5.75 Å². The number of halogens is 2. The van der Waals surface area contributed by atoms with Crippen LogP contribution in [-0.2, 0) is 11.3 Å². The minimum Gasteiger partial charge on any atom is -0.495 e. The van der Waals surface area contributed by atoms with E-state index in [1.54, 1.807) is 48.3 Å². The Balaban J connectivity index is 1.97. The highest BCUT2D eigenvalue weighted by atomic mass is 35.5. The molecule has 0 unspecified atom stereocenters. The molecule has 2 aromatic carbocycles. The van der Waals surface area contributed by atoms with Crippen LogP contribution in [0.2, 0.25) is 5.02 Å². The second kappa shape index (κ2) is 7.94. The Kier molecular flexibility index (Phi) is 5.96. The van der Waals surface area contributed by atoms with Crippen molar-refractivity contribution in [2.24, 2.45) is 0 Å². The number of carbonyl (C=O) groups excluding carboxylic acids is 1. The molecule has 0 saturated heterocycles. The predicted octanol–water partition coefficient (Wildman–Crippen LogP) is 3.56. The van der Waals surface area contributed by atoms with Gasteiger partial charge in [0, 0.05) is 17.1 Å². The number of hydrogen-bond acceptors (Lipinski definition) is 3. The Labute approximate surface area is 139 Å². The number of anilines is 1. The Hall–Kier alpha value is -2.11. The molecule has 4 nitrogen and oxygen atoms in total. The van der Waals surface area contributed by atoms with Crippen LogP contribution >= 0.6 is 11.6 Å². The van der Waals surface area contributed by atoms with Crippen LogP contribution in [0.4, 0.5) is 10.1 Å². The van der Waals surface area contributed by atoms with Crippen LogP contribution in [0.15, 0.2) is 42.5 Å². The highest BCUT2D eigenvalue weighted by Gasteiger charge is 2.12. The van der Waals surface area contributed by atoms with E-state index in [9.17, 15) is 9.18 Å². The van der Waals surface area contributed by atoms with E-state index in [1.807, 2.05) is 0 Å². The van der Waals surface area contributed by atoms with Gasteiger partial charge in [0.1, 0.15) is 11.6 Å². The molecule has 2 aromatic rings. The molecule has 0 fully saturated rings. The molecule has 1 amide bonds. The van der Waals surface area contributed by atoms with Crippen LogP contribution < -0.4 is 10.1 Å². The van der Waals surface area contributed by atoms with E-state index >= 15 is 0 Å². The van der Waals surface area contributed by atoms with Crippen molar-refractivity contribution in [1.29, 1.82) is 0 Å². The molecule has 0 spiro atoms. The van der Waals surface area contributed by atoms with E-state index < -0.39 is 0 Å². The van der Waals surface area contributed by atoms with E-state index in [0.29, 0.717) is 28.6 Å². The van der Waals surface area contributed by atoms with Gasteiger partial charge >= 0.3 is 0 Å². The number of hydrogen-bond donors (Lipinski definition) is 1. The summed E-state index contributed by atoms with van der Waals surface area (Å²) in [4.78, 5) is 13.9. The van der Waals surface area contributed by atoms with Crippen LogP contribution in [0.3, 0.4) is 0 Å². The number of rotatable bonds is 6. The molecule has 0 aromatic heterocycles. The predicted molar refractivity (Wildman–Crippen MR) is 89.4 cm³/mol. The average Bonchev–Trinajstić information content (AvgIpc) is 2.49. The Bertz CT molecular complexity index is 694. The number of nitrogens with one attached hydrogen (secondary N) is 1. The van der Waals surface area contributed by atoms with Crippen molar-refractivity contribution < 1.29 is 13.9 Å². The molecule has 0 aliphatic carbocycles. The monoisotopic (exact) mass is 336 g/mol. The standard InChI is InChI=1S/C17H18ClFN2O2/c1-21(10-12-5-3-4-6-14(12)19)11-17(22)20-15-9-13(18)7-8-16(15)23-2/h3-9H,10-11H2,1-2H3,(H,20,22). The molecule has 2 rings (SSSR count). The fourth-order valence-corrected chi connectivity index (χ4v) is 2.36. The fourth-order valence-electron chi connectivity index (χ4n) is 2.19. The van der Waals surface area contributed by atoms with Crippen molar-refractivity contribution in [3.05, 3.63) is 58.9 Å². The molecule has 1 N–H and O–H groups in total. The summed E-state index contributed by atoms with van der Waals surface area (Å²) >= 11 is 5.93. The maximum Gasteiger partial charge on any atom is 0.238 e. The third kappa shape index (κ3) is 4.94. The Morgan fingerprint density at radius 1 is 1.30 bits per heavy atom. The lowest BCUT2D eigenvalue weighted by Gasteiger charge is -2.17. The van der Waals surface area contributed by atoms with Gasteiger partial charge in [-0.25, -0.2) is 4.39 Å². The minimum absolute atomic E-state index is 0.115. The Morgan fingerprint density at radius 2 is 2.04 bits per heavy atom. The third-order valence-electron chi connectivity index (χ3n) is 3.25. The molecule has 0 radical (unpaired) electrons. The molecular weight excluding hydrogens is 319 g/mol. The summed E-state index contributed by atoms with van der Waals surface area (Å²) in [5.74, 6) is 0.0141. The van der Waals surface area contributed by atoms with E-state index in [4.69, 9.17) is 16.3 Å². The zero-order chi connectivity index (χ0) is 16.8. The first-order valence-corrected chi connectivity index (χ1v) is 7.42. The van der Waals surface area contributed by atoms with Crippen molar-refractivity contribution in [1.82, 2.24) is 4.90 Å². The van der Waals surface area contributed by atoms with Gasteiger partial charge in [0.25, 0.3) is 0 Å². The number of amides is 1. The molecule has 0 aliphatic rings. The number of nitrogens with zero attached hydrogens (tertiary/aromatic N) is 1. The maximum absolute atomic E-state index is 13.6. The molecular formula is C17H18ClFN2O2. The molecule has 122 valence electrons. The van der Waals surface area contributed by atoms with Crippen LogP contribution in [0.25, 0.3) is 0 Å². The zero-order valence-electron chi connectivity index (χ0n) is 13.0. The van der Waals surface area contributed by atoms with Gasteiger partial charge < -0.3 is 10.1 Å². The van der Waals surface area contributed by atoms with Gasteiger partial charge in [-0.15, -0.1) is 0 Å². The molecule has 0 heterocycles. The van der Waals surface area contributed by atoms with E-state index in [1.165, 1.54) is 13.2 Å². The summed E-state index contributed by atoms with van der Waals surface area (Å²) in [6.07, 6.45) is 0. The number of ether oxygens (including phenoxy) is 1. The smallest absolute Gasteiger partial charge is 0.238 e. The van der Waals surface area contributed by atoms with Crippen molar-refractivity contribution in [3.8, 4) is 5.75 Å². The van der Waals surface area contributed by atoms with Crippen molar-refractivity contribution in [2.45, 2.75) is 6.54 Å². The third-order valence-corrected chi connectivity index (χ3v) is 3.48. The average molecular weight is 337 g/mol. The van der Waals surface area contributed by atoms with Crippen molar-refractivity contribution in [3.63, 3.8) is 0 Å². The van der Waals surface area contributed by atoms with Crippen LogP contribution in [-0.4, -0.2) is 31.5 Å². The summed E-state index contributed by atoms with van der Waals surface area (Å²) in [6, 6.07) is 11.5. The first-order chi connectivity index (χ1) is 11.0. The zero-order valence-corrected chi connectivity index (χ0v) is 13.7. The molecule has 23 heavy (non-hydrogen) atoms. The first kappa shape index (κ1) is 17.2. The highest BCUT2D eigenvalue weighted by Crippen LogP contribution is 2.27. The summed E-state index contributed by atoms with van der Waals surface area (Å²) in [6.45, 7) is 0.455. The van der Waals surface area contributed by atoms with Crippen molar-refractivity contribution >= 4 is 23.2 Å². The van der Waals surface area contributed by atoms with E-state index in [-0.39, 0.29) is 18.3 Å². The molecule has 0 bridgehead atoms. The Morgan fingerprint density at radius 3 is 2.74 bits per heavy atom. The molecule has 6 heteroatoms. The highest BCUT2D eigenvalue weighted by molar-refractivity contribution is 6.31. The number of carbonyl (C=O) groups is 1. The number of likely N-dealkylation sites (N-methyl/N-ethyl adjacent to an activating group) is 1. The SMILES string of the molecule is COc1ccc(Cl)cc1NC(=O)CN(C)Cc1ccccc1F. The largest absolute Gasteiger partial charge is 0.495 e. The summed E-state index contributed by atoms with van der Waals surface area (Å²) in [5.41, 5.74) is 1.05. The van der Waals surface area contributed by atoms with E-state index in [2.05, 4.69) is 5.32 Å². The summed E-state index contributed by atoms with van der Waals surface area (Å²) in [7, 11) is 3.27. The topological polar surface area (TPSA) is 41.6 Å². The summed E-state index contributed by atoms with van der Waals surface area (Å²) < 4.78 is 18.8. The van der Waals surface area contributed by atoms with Gasteiger partial charge in [0.15, 0.2) is 0 Å². The second-order valence-electron chi connectivity index (χ2n) is 5.16. The lowest BCUT2D eigenvalue weighted by atomic mass is 10.2. The van der Waals surface area contributed by atoms with Gasteiger partial charge in [-0.3, -0.25) is 9.69 Å². The lowest BCUT2D eigenvalue weighted by molar-refractivity contribution is -0.117. The molecule has 0 saturated carbocycles. The van der Waals surface area contributed by atoms with Gasteiger partial charge in [-0.1, -0.05) is 29.8 Å². The number of benzene rings is 2. The second-order valence-corrected chi connectivity index (χ2v) is 5.59. The van der Waals surface area contributed by atoms with Crippen molar-refractivity contribution in [2.75, 3.05) is 26.0 Å². The normalized spacial score (nSPS) is 10.7. The van der Waals surface area contributed by atoms with Gasteiger partial charge in [-0.2, -0.15) is 0 Å². The summed E-state index contributed by atoms with van der Waals surface area (Å²) in [5, 5.41) is 3.25. The number of methoxy groups -OCH3 is 1. The van der Waals surface area contributed by atoms with E-state index in [0.717, 1.165) is 0 Å². The molecule has 0 atom stereocenters. The van der Waals surface area contributed by atoms with Gasteiger partial charge in [0.2, 0.25) is 5.91 Å². The van der Waals surface area contributed by atoms with Gasteiger partial charge in [-0.05, 0) is 31.3 Å². The minimum atomic E-state index is -0.281. The van der Waals surface area contributed by atoms with Gasteiger partial charge in [0.05, 0.1) is 19.3 Å². The van der Waals surface area contributed by atoms with Crippen LogP contribution in [0.1, 0.15) is 5.56 Å². The molecule has 0 aliphatic heterocycles. The van der Waals surface area contributed by atoms with Crippen LogP contribution in [0, 0.1) is 5.82 Å². The fraction of sp³-hybridized carbons (Fsp3) is 0.235. The quantitative estimate of drug-likeness (QED) is 0.877. The first-order valence-electron chi connectivity index (χ1n) is 7.05. The maximum atomic E-state index is 13.6.